The van der Waals surface area contributed by atoms with Crippen LogP contribution in [0, 0.1) is 0 Å². The van der Waals surface area contributed by atoms with E-state index in [1.54, 1.807) is 13.3 Å². The van der Waals surface area contributed by atoms with E-state index < -0.39 is 0 Å². The van der Waals surface area contributed by atoms with Gasteiger partial charge in [-0.15, -0.1) is 0 Å². The van der Waals surface area contributed by atoms with Crippen molar-refractivity contribution in [2.75, 3.05) is 63.7 Å². The number of likely N-dealkylation sites (N-methyl/N-ethyl adjacent to an activating group) is 1. The first-order valence-electron chi connectivity index (χ1n) is 9.05. The van der Waals surface area contributed by atoms with Crippen LogP contribution >= 0.6 is 0 Å². The first kappa shape index (κ1) is 19.1. The van der Waals surface area contributed by atoms with Gasteiger partial charge in [0.2, 0.25) is 0 Å². The van der Waals surface area contributed by atoms with Crippen LogP contribution in [0.25, 0.3) is 0 Å². The lowest BCUT2D eigenvalue weighted by Gasteiger charge is -2.34. The van der Waals surface area contributed by atoms with Crippen molar-refractivity contribution < 1.29 is 9.53 Å². The minimum absolute atomic E-state index is 0.261. The van der Waals surface area contributed by atoms with Crippen LogP contribution in [-0.2, 0) is 4.74 Å². The van der Waals surface area contributed by atoms with E-state index >= 15 is 0 Å². The summed E-state index contributed by atoms with van der Waals surface area (Å²) in [7, 11) is 3.74. The number of piperazine rings is 1. The Balaban J connectivity index is 1.55. The second-order valence-electron chi connectivity index (χ2n) is 6.50. The van der Waals surface area contributed by atoms with Gasteiger partial charge in [0.05, 0.1) is 19.0 Å². The summed E-state index contributed by atoms with van der Waals surface area (Å²) in [4.78, 5) is 25.1. The van der Waals surface area contributed by atoms with Crippen molar-refractivity contribution in [3.05, 3.63) is 42.4 Å². The molecule has 1 saturated heterocycles. The lowest BCUT2D eigenvalue weighted by atomic mass is 10.2. The van der Waals surface area contributed by atoms with Crippen LogP contribution in [0.4, 0.5) is 17.2 Å². The standard InChI is InChI=1S/C19H26N6O2/c1-24-8-10-25(11-9-24)16-5-3-15(4-6-16)23-18-14-21-17(13-22-18)19(26)20-7-12-27-2/h3-6,13-14H,7-12H2,1-2H3,(H,20,26)(H,22,23). The van der Waals surface area contributed by atoms with E-state index in [1.165, 1.54) is 11.9 Å². The molecule has 0 aliphatic carbocycles. The molecule has 2 aromatic rings. The Hall–Kier alpha value is -2.71. The summed E-state index contributed by atoms with van der Waals surface area (Å²) >= 11 is 0. The maximum Gasteiger partial charge on any atom is 0.271 e. The number of anilines is 3. The lowest BCUT2D eigenvalue weighted by molar-refractivity contribution is 0.0932. The van der Waals surface area contributed by atoms with E-state index in [4.69, 9.17) is 4.74 Å². The molecule has 8 nitrogen and oxygen atoms in total. The molecule has 0 radical (unpaired) electrons. The third-order valence-electron chi connectivity index (χ3n) is 4.48. The van der Waals surface area contributed by atoms with E-state index in [2.05, 4.69) is 49.6 Å². The molecule has 8 heteroatoms. The summed E-state index contributed by atoms with van der Waals surface area (Å²) in [6.45, 7) is 5.16. The third kappa shape index (κ3) is 5.38. The molecular formula is C19H26N6O2. The van der Waals surface area contributed by atoms with E-state index in [0.29, 0.717) is 19.0 Å². The van der Waals surface area contributed by atoms with Gasteiger partial charge in [-0.2, -0.15) is 0 Å². The highest BCUT2D eigenvalue weighted by Crippen LogP contribution is 2.21. The fourth-order valence-corrected chi connectivity index (χ4v) is 2.84. The largest absolute Gasteiger partial charge is 0.383 e. The van der Waals surface area contributed by atoms with E-state index in [1.807, 2.05) is 12.1 Å². The lowest BCUT2D eigenvalue weighted by Crippen LogP contribution is -2.44. The average Bonchev–Trinajstić information content (AvgIpc) is 2.70. The molecule has 27 heavy (non-hydrogen) atoms. The van der Waals surface area contributed by atoms with Crippen molar-refractivity contribution in [3.8, 4) is 0 Å². The van der Waals surface area contributed by atoms with Crippen LogP contribution in [0.5, 0.6) is 0 Å². The quantitative estimate of drug-likeness (QED) is 0.712. The number of amides is 1. The number of benzene rings is 1. The first-order chi connectivity index (χ1) is 13.2. The van der Waals surface area contributed by atoms with Crippen LogP contribution in [0.1, 0.15) is 10.5 Å². The monoisotopic (exact) mass is 370 g/mol. The van der Waals surface area contributed by atoms with Crippen LogP contribution < -0.4 is 15.5 Å². The van der Waals surface area contributed by atoms with Crippen molar-refractivity contribution in [2.24, 2.45) is 0 Å². The molecule has 0 atom stereocenters. The fourth-order valence-electron chi connectivity index (χ4n) is 2.84. The Kier molecular flexibility index (Phi) is 6.56. The van der Waals surface area contributed by atoms with E-state index in [9.17, 15) is 4.79 Å². The third-order valence-corrected chi connectivity index (χ3v) is 4.48. The number of hydrogen-bond acceptors (Lipinski definition) is 7. The molecule has 3 rings (SSSR count). The van der Waals surface area contributed by atoms with Gasteiger partial charge in [0.1, 0.15) is 11.5 Å². The second-order valence-corrected chi connectivity index (χ2v) is 6.50. The predicted octanol–water partition coefficient (Wildman–Crippen LogP) is 1.35. The number of hydrogen-bond donors (Lipinski definition) is 2. The predicted molar refractivity (Wildman–Crippen MR) is 106 cm³/mol. The van der Waals surface area contributed by atoms with Crippen molar-refractivity contribution in [1.82, 2.24) is 20.2 Å². The fraction of sp³-hybridized carbons (Fsp3) is 0.421. The Labute approximate surface area is 159 Å². The highest BCUT2D eigenvalue weighted by atomic mass is 16.5. The number of nitrogens with zero attached hydrogens (tertiary/aromatic N) is 4. The Bertz CT molecular complexity index is 727. The van der Waals surface area contributed by atoms with Crippen LogP contribution in [0.15, 0.2) is 36.7 Å². The number of methoxy groups -OCH3 is 1. The number of ether oxygens (including phenoxy) is 1. The molecule has 144 valence electrons. The van der Waals surface area contributed by atoms with E-state index in [-0.39, 0.29) is 11.6 Å². The van der Waals surface area contributed by atoms with Gasteiger partial charge in [0.15, 0.2) is 0 Å². The average molecular weight is 370 g/mol. The van der Waals surface area contributed by atoms with Crippen LogP contribution in [0.2, 0.25) is 0 Å². The Morgan fingerprint density at radius 2 is 1.85 bits per heavy atom. The molecule has 1 aliphatic rings. The highest BCUT2D eigenvalue weighted by Gasteiger charge is 2.14. The second kappa shape index (κ2) is 9.29. The molecule has 1 amide bonds. The van der Waals surface area contributed by atoms with E-state index in [0.717, 1.165) is 31.9 Å². The summed E-state index contributed by atoms with van der Waals surface area (Å²) in [5.41, 5.74) is 2.43. The minimum atomic E-state index is -0.261. The topological polar surface area (TPSA) is 82.6 Å². The highest BCUT2D eigenvalue weighted by molar-refractivity contribution is 5.92. The normalized spacial score (nSPS) is 14.8. The first-order valence-corrected chi connectivity index (χ1v) is 9.05. The maximum atomic E-state index is 11.9. The van der Waals surface area contributed by atoms with Crippen molar-refractivity contribution in [1.29, 1.82) is 0 Å². The minimum Gasteiger partial charge on any atom is -0.383 e. The van der Waals surface area contributed by atoms with Gasteiger partial charge in [0, 0.05) is 51.2 Å². The number of aromatic nitrogens is 2. The molecule has 1 aliphatic heterocycles. The number of nitrogens with one attached hydrogen (secondary N) is 2. The summed E-state index contributed by atoms with van der Waals surface area (Å²) in [5.74, 6) is 0.332. The maximum absolute atomic E-state index is 11.9. The molecule has 1 fully saturated rings. The Morgan fingerprint density at radius 1 is 1.11 bits per heavy atom. The SMILES string of the molecule is COCCNC(=O)c1cnc(Nc2ccc(N3CCN(C)CC3)cc2)cn1. The number of carbonyl (C=O) groups is 1. The van der Waals surface area contributed by atoms with Crippen LogP contribution in [0.3, 0.4) is 0 Å². The summed E-state index contributed by atoms with van der Waals surface area (Å²) in [5, 5.41) is 5.92. The zero-order valence-corrected chi connectivity index (χ0v) is 15.8. The molecule has 0 spiro atoms. The summed E-state index contributed by atoms with van der Waals surface area (Å²) in [6, 6.07) is 8.28. The number of rotatable bonds is 7. The smallest absolute Gasteiger partial charge is 0.271 e. The zero-order valence-electron chi connectivity index (χ0n) is 15.8. The van der Waals surface area contributed by atoms with Gasteiger partial charge < -0.3 is 25.2 Å². The molecule has 0 saturated carbocycles. The zero-order chi connectivity index (χ0) is 19.1. The molecular weight excluding hydrogens is 344 g/mol. The molecule has 0 bridgehead atoms. The van der Waals surface area contributed by atoms with Gasteiger partial charge >= 0.3 is 0 Å². The summed E-state index contributed by atoms with van der Waals surface area (Å²) < 4.78 is 4.90. The molecule has 1 aromatic carbocycles. The molecule has 2 heterocycles. The van der Waals surface area contributed by atoms with Gasteiger partial charge in [0.25, 0.3) is 5.91 Å². The van der Waals surface area contributed by atoms with Gasteiger partial charge in [-0.3, -0.25) is 4.79 Å². The Morgan fingerprint density at radius 3 is 2.48 bits per heavy atom. The van der Waals surface area contributed by atoms with Crippen LogP contribution in [-0.4, -0.2) is 74.3 Å². The van der Waals surface area contributed by atoms with Gasteiger partial charge in [-0.05, 0) is 31.3 Å². The van der Waals surface area contributed by atoms with Crippen molar-refractivity contribution >= 4 is 23.1 Å². The molecule has 1 aromatic heterocycles. The van der Waals surface area contributed by atoms with Crippen molar-refractivity contribution in [2.45, 2.75) is 0 Å². The number of carbonyl (C=O) groups excluding carboxylic acids is 1. The van der Waals surface area contributed by atoms with Gasteiger partial charge in [-0.1, -0.05) is 0 Å². The molecule has 2 N–H and O–H groups in total. The van der Waals surface area contributed by atoms with Gasteiger partial charge in [-0.25, -0.2) is 9.97 Å². The summed E-state index contributed by atoms with van der Waals surface area (Å²) in [6.07, 6.45) is 3.02. The van der Waals surface area contributed by atoms with Crippen molar-refractivity contribution in [3.63, 3.8) is 0 Å². The molecule has 0 unspecified atom stereocenters.